The molecule has 2 aromatic rings. The van der Waals surface area contributed by atoms with Gasteiger partial charge in [-0.1, -0.05) is 25.1 Å². The third-order valence-electron chi connectivity index (χ3n) is 4.34. The second kappa shape index (κ2) is 7.17. The smallest absolute Gasteiger partial charge is 0.257 e. The van der Waals surface area contributed by atoms with Crippen LogP contribution in [0.5, 0.6) is 11.5 Å². The average molecular weight is 344 g/mol. The molecule has 6 nitrogen and oxygen atoms in total. The fourth-order valence-electron chi connectivity index (χ4n) is 3.03. The van der Waals surface area contributed by atoms with Crippen LogP contribution in [0.4, 0.5) is 0 Å². The molecule has 2 heterocycles. The first-order valence-electron chi connectivity index (χ1n) is 8.60. The number of hydrogen-bond donors (Lipinski definition) is 1. The van der Waals surface area contributed by atoms with Crippen LogP contribution in [0, 0.1) is 19.8 Å². The number of rotatable bonds is 4. The highest BCUT2D eigenvalue weighted by atomic mass is 16.5. The second-order valence-electron chi connectivity index (χ2n) is 6.65. The zero-order chi connectivity index (χ0) is 18.0. The molecule has 0 saturated carbocycles. The SMILES string of the molecule is Cc1noc(C)c1C(=O)N[C@@H](c1ccc2c(c1)OCCCO2)C(C)C. The molecule has 1 aliphatic heterocycles. The van der Waals surface area contributed by atoms with Gasteiger partial charge in [0.1, 0.15) is 11.3 Å². The minimum atomic E-state index is -0.179. The molecule has 25 heavy (non-hydrogen) atoms. The Morgan fingerprint density at radius 1 is 1.16 bits per heavy atom. The molecule has 0 saturated heterocycles. The lowest BCUT2D eigenvalue weighted by molar-refractivity contribution is 0.0923. The molecule has 3 rings (SSSR count). The molecule has 6 heteroatoms. The number of amides is 1. The summed E-state index contributed by atoms with van der Waals surface area (Å²) in [6.07, 6.45) is 0.862. The quantitative estimate of drug-likeness (QED) is 0.918. The van der Waals surface area contributed by atoms with Gasteiger partial charge in [0.05, 0.1) is 24.9 Å². The summed E-state index contributed by atoms with van der Waals surface area (Å²) in [5.41, 5.74) is 2.08. The fraction of sp³-hybridized carbons (Fsp3) is 0.474. The Kier molecular flexibility index (Phi) is 4.97. The molecular weight excluding hydrogens is 320 g/mol. The summed E-state index contributed by atoms with van der Waals surface area (Å²) in [5.74, 6) is 2.03. The predicted octanol–water partition coefficient (Wildman–Crippen LogP) is 3.58. The molecular formula is C19H24N2O4. The number of aromatic nitrogens is 1. The van der Waals surface area contributed by atoms with Crippen LogP contribution in [-0.4, -0.2) is 24.3 Å². The van der Waals surface area contributed by atoms with E-state index in [4.69, 9.17) is 14.0 Å². The predicted molar refractivity (Wildman–Crippen MR) is 93.1 cm³/mol. The van der Waals surface area contributed by atoms with E-state index in [-0.39, 0.29) is 17.9 Å². The summed E-state index contributed by atoms with van der Waals surface area (Å²) >= 11 is 0. The number of nitrogens with one attached hydrogen (secondary N) is 1. The number of carbonyl (C=O) groups is 1. The number of ether oxygens (including phenoxy) is 2. The number of aryl methyl sites for hydroxylation is 2. The van der Waals surface area contributed by atoms with E-state index in [9.17, 15) is 4.79 Å². The fourth-order valence-corrected chi connectivity index (χ4v) is 3.03. The molecule has 0 bridgehead atoms. The lowest BCUT2D eigenvalue weighted by Crippen LogP contribution is -2.32. The van der Waals surface area contributed by atoms with Gasteiger partial charge >= 0.3 is 0 Å². The summed E-state index contributed by atoms with van der Waals surface area (Å²) in [5, 5.41) is 6.96. The van der Waals surface area contributed by atoms with E-state index in [1.54, 1.807) is 13.8 Å². The lowest BCUT2D eigenvalue weighted by atomic mass is 9.95. The van der Waals surface area contributed by atoms with Crippen molar-refractivity contribution in [3.63, 3.8) is 0 Å². The van der Waals surface area contributed by atoms with Crippen molar-refractivity contribution < 1.29 is 18.8 Å². The highest BCUT2D eigenvalue weighted by Crippen LogP contribution is 2.34. The van der Waals surface area contributed by atoms with Crippen LogP contribution in [0.1, 0.15) is 53.7 Å². The molecule has 0 fully saturated rings. The minimum absolute atomic E-state index is 0.154. The van der Waals surface area contributed by atoms with Crippen molar-refractivity contribution in [1.29, 1.82) is 0 Å². The molecule has 134 valence electrons. The highest BCUT2D eigenvalue weighted by Gasteiger charge is 2.24. The lowest BCUT2D eigenvalue weighted by Gasteiger charge is -2.24. The van der Waals surface area contributed by atoms with Crippen molar-refractivity contribution in [2.75, 3.05) is 13.2 Å². The van der Waals surface area contributed by atoms with Gasteiger partial charge in [0.15, 0.2) is 11.5 Å². The van der Waals surface area contributed by atoms with E-state index in [1.807, 2.05) is 18.2 Å². The summed E-state index contributed by atoms with van der Waals surface area (Å²) in [4.78, 5) is 12.7. The van der Waals surface area contributed by atoms with Crippen LogP contribution in [0.15, 0.2) is 22.7 Å². The molecule has 0 radical (unpaired) electrons. The molecule has 1 amide bonds. The molecule has 1 aromatic carbocycles. The third kappa shape index (κ3) is 3.62. The maximum Gasteiger partial charge on any atom is 0.257 e. The second-order valence-corrected chi connectivity index (χ2v) is 6.65. The largest absolute Gasteiger partial charge is 0.490 e. The van der Waals surface area contributed by atoms with E-state index in [0.717, 1.165) is 23.5 Å². The number of fused-ring (bicyclic) bond motifs is 1. The van der Waals surface area contributed by atoms with Crippen LogP contribution in [0.25, 0.3) is 0 Å². The van der Waals surface area contributed by atoms with Gasteiger partial charge in [-0.2, -0.15) is 0 Å². The zero-order valence-corrected chi connectivity index (χ0v) is 15.1. The van der Waals surface area contributed by atoms with Gasteiger partial charge in [-0.3, -0.25) is 4.79 Å². The molecule has 0 aliphatic carbocycles. The summed E-state index contributed by atoms with van der Waals surface area (Å²) < 4.78 is 16.6. The minimum Gasteiger partial charge on any atom is -0.490 e. The van der Waals surface area contributed by atoms with Crippen molar-refractivity contribution in [1.82, 2.24) is 10.5 Å². The topological polar surface area (TPSA) is 73.6 Å². The number of hydrogen-bond acceptors (Lipinski definition) is 5. The summed E-state index contributed by atoms with van der Waals surface area (Å²) in [7, 11) is 0. The van der Waals surface area contributed by atoms with Gasteiger partial charge in [0, 0.05) is 6.42 Å². The maximum atomic E-state index is 12.7. The Bertz CT molecular complexity index is 747. The molecule has 1 aliphatic rings. The first-order valence-corrected chi connectivity index (χ1v) is 8.60. The van der Waals surface area contributed by atoms with Crippen molar-refractivity contribution >= 4 is 5.91 Å². The Balaban J connectivity index is 1.87. The van der Waals surface area contributed by atoms with Gasteiger partial charge < -0.3 is 19.3 Å². The van der Waals surface area contributed by atoms with Crippen LogP contribution in [-0.2, 0) is 0 Å². The maximum absolute atomic E-state index is 12.7. The van der Waals surface area contributed by atoms with Crippen LogP contribution < -0.4 is 14.8 Å². The van der Waals surface area contributed by atoms with Gasteiger partial charge in [0.25, 0.3) is 5.91 Å². The first-order chi connectivity index (χ1) is 12.0. The Labute approximate surface area is 147 Å². The van der Waals surface area contributed by atoms with Crippen molar-refractivity contribution in [2.45, 2.75) is 40.2 Å². The van der Waals surface area contributed by atoms with Crippen LogP contribution >= 0.6 is 0 Å². The van der Waals surface area contributed by atoms with E-state index in [2.05, 4.69) is 24.3 Å². The summed E-state index contributed by atoms with van der Waals surface area (Å²) in [6.45, 7) is 8.94. The van der Waals surface area contributed by atoms with Gasteiger partial charge in [-0.25, -0.2) is 0 Å². The third-order valence-corrected chi connectivity index (χ3v) is 4.34. The Morgan fingerprint density at radius 2 is 1.88 bits per heavy atom. The van der Waals surface area contributed by atoms with E-state index >= 15 is 0 Å². The van der Waals surface area contributed by atoms with Crippen LogP contribution in [0.3, 0.4) is 0 Å². The first kappa shape index (κ1) is 17.3. The number of nitrogens with zero attached hydrogens (tertiary/aromatic N) is 1. The molecule has 0 unspecified atom stereocenters. The van der Waals surface area contributed by atoms with E-state index < -0.39 is 0 Å². The van der Waals surface area contributed by atoms with E-state index in [1.165, 1.54) is 0 Å². The molecule has 1 aromatic heterocycles. The highest BCUT2D eigenvalue weighted by molar-refractivity contribution is 5.96. The molecule has 1 N–H and O–H groups in total. The monoisotopic (exact) mass is 344 g/mol. The van der Waals surface area contributed by atoms with Crippen molar-refractivity contribution in [3.8, 4) is 11.5 Å². The van der Waals surface area contributed by atoms with Gasteiger partial charge in [-0.15, -0.1) is 0 Å². The van der Waals surface area contributed by atoms with Gasteiger partial charge in [0.2, 0.25) is 0 Å². The number of carbonyl (C=O) groups excluding carboxylic acids is 1. The standard InChI is InChI=1S/C19H24N2O4/c1-11(2)18(20-19(22)17-12(3)21-25-13(17)4)14-6-7-15-16(10-14)24-9-5-8-23-15/h6-7,10-11,18H,5,8-9H2,1-4H3,(H,20,22)/t18-/m1/s1. The Hall–Kier alpha value is -2.50. The number of benzene rings is 1. The average Bonchev–Trinajstić information content (AvgIpc) is 2.78. The van der Waals surface area contributed by atoms with E-state index in [0.29, 0.717) is 30.2 Å². The molecule has 1 atom stereocenters. The summed E-state index contributed by atoms with van der Waals surface area (Å²) in [6, 6.07) is 5.69. The van der Waals surface area contributed by atoms with Crippen molar-refractivity contribution in [2.24, 2.45) is 5.92 Å². The Morgan fingerprint density at radius 3 is 2.52 bits per heavy atom. The normalized spacial score (nSPS) is 14.9. The van der Waals surface area contributed by atoms with Crippen molar-refractivity contribution in [3.05, 3.63) is 40.8 Å². The zero-order valence-electron chi connectivity index (χ0n) is 15.1. The van der Waals surface area contributed by atoms with Gasteiger partial charge in [-0.05, 0) is 37.5 Å². The van der Waals surface area contributed by atoms with Crippen LogP contribution in [0.2, 0.25) is 0 Å². The molecule has 0 spiro atoms.